The van der Waals surface area contributed by atoms with Crippen LogP contribution in [0.15, 0.2) is 28.8 Å². The highest BCUT2D eigenvalue weighted by Crippen LogP contribution is 2.20. The summed E-state index contributed by atoms with van der Waals surface area (Å²) >= 11 is 5.81. The van der Waals surface area contributed by atoms with Crippen molar-refractivity contribution in [2.45, 2.75) is 0 Å². The summed E-state index contributed by atoms with van der Waals surface area (Å²) in [6, 6.07) is 7.32. The fraction of sp³-hybridized carbons (Fsp3) is 0. The van der Waals surface area contributed by atoms with Crippen molar-refractivity contribution in [3.05, 3.63) is 29.3 Å². The Bertz CT molecular complexity index is 442. The van der Waals surface area contributed by atoms with Gasteiger partial charge in [0.25, 0.3) is 0 Å². The van der Waals surface area contributed by atoms with Gasteiger partial charge in [-0.3, -0.25) is 5.43 Å². The maximum Gasteiger partial charge on any atom is 0.335 e. The summed E-state index contributed by atoms with van der Waals surface area (Å²) in [5, 5.41) is 4.33. The van der Waals surface area contributed by atoms with Crippen LogP contribution in [0.3, 0.4) is 0 Å². The van der Waals surface area contributed by atoms with Gasteiger partial charge in [-0.1, -0.05) is 28.9 Å². The van der Waals surface area contributed by atoms with Gasteiger partial charge >= 0.3 is 6.01 Å². The average Bonchev–Trinajstić information content (AvgIpc) is 2.66. The van der Waals surface area contributed by atoms with Crippen molar-refractivity contribution < 1.29 is 4.52 Å². The van der Waals surface area contributed by atoms with Crippen LogP contribution in [0.4, 0.5) is 6.01 Å². The molecule has 2 aromatic rings. The van der Waals surface area contributed by atoms with Gasteiger partial charge < -0.3 is 4.52 Å². The SMILES string of the molecule is NNc1nc(-c2cccc(Cl)c2)no1. The first kappa shape index (κ1) is 8.98. The van der Waals surface area contributed by atoms with E-state index in [0.717, 1.165) is 5.56 Å². The van der Waals surface area contributed by atoms with Crippen LogP contribution in [0.5, 0.6) is 0 Å². The molecule has 0 radical (unpaired) electrons. The van der Waals surface area contributed by atoms with Crippen molar-refractivity contribution in [2.24, 2.45) is 5.84 Å². The zero-order valence-corrected chi connectivity index (χ0v) is 7.82. The van der Waals surface area contributed by atoms with Crippen LogP contribution in [0.2, 0.25) is 5.02 Å². The van der Waals surface area contributed by atoms with E-state index in [1.54, 1.807) is 12.1 Å². The van der Waals surface area contributed by atoms with Gasteiger partial charge in [0.15, 0.2) is 0 Å². The highest BCUT2D eigenvalue weighted by molar-refractivity contribution is 6.30. The van der Waals surface area contributed by atoms with E-state index in [9.17, 15) is 0 Å². The van der Waals surface area contributed by atoms with E-state index in [4.69, 9.17) is 22.0 Å². The second-order valence-electron chi connectivity index (χ2n) is 2.58. The standard InChI is InChI=1S/C8H7ClN4O/c9-6-3-1-2-5(4-6)7-11-8(12-10)14-13-7/h1-4H,10H2,(H,11,12,13). The van der Waals surface area contributed by atoms with Crippen molar-refractivity contribution in [2.75, 3.05) is 5.43 Å². The smallest absolute Gasteiger partial charge is 0.314 e. The molecular weight excluding hydrogens is 204 g/mol. The van der Waals surface area contributed by atoms with E-state index in [2.05, 4.69) is 15.6 Å². The first-order valence-electron chi connectivity index (χ1n) is 3.86. The Morgan fingerprint density at radius 3 is 2.93 bits per heavy atom. The van der Waals surface area contributed by atoms with Crippen LogP contribution in [0, 0.1) is 0 Å². The molecule has 0 atom stereocenters. The Kier molecular flexibility index (Phi) is 2.34. The van der Waals surface area contributed by atoms with E-state index >= 15 is 0 Å². The molecule has 3 N–H and O–H groups in total. The largest absolute Gasteiger partial charge is 0.335 e. The molecule has 14 heavy (non-hydrogen) atoms. The van der Waals surface area contributed by atoms with E-state index in [1.807, 2.05) is 12.1 Å². The number of hydrogen-bond donors (Lipinski definition) is 2. The molecule has 0 saturated heterocycles. The van der Waals surface area contributed by atoms with Gasteiger partial charge in [-0.2, -0.15) is 4.98 Å². The van der Waals surface area contributed by atoms with Crippen molar-refractivity contribution in [1.82, 2.24) is 10.1 Å². The summed E-state index contributed by atoms with van der Waals surface area (Å²) in [6.45, 7) is 0. The van der Waals surface area contributed by atoms with Crippen molar-refractivity contribution >= 4 is 17.6 Å². The lowest BCUT2D eigenvalue weighted by Crippen LogP contribution is -2.06. The quantitative estimate of drug-likeness (QED) is 0.583. The summed E-state index contributed by atoms with van der Waals surface area (Å²) in [4.78, 5) is 3.97. The maximum atomic E-state index is 5.81. The number of rotatable bonds is 2. The normalized spacial score (nSPS) is 10.1. The number of benzene rings is 1. The molecule has 1 aromatic carbocycles. The minimum Gasteiger partial charge on any atom is -0.314 e. The Hall–Kier alpha value is -1.59. The molecule has 0 bridgehead atoms. The lowest BCUT2D eigenvalue weighted by atomic mass is 10.2. The van der Waals surface area contributed by atoms with E-state index < -0.39 is 0 Å². The van der Waals surface area contributed by atoms with Crippen LogP contribution >= 0.6 is 11.6 Å². The van der Waals surface area contributed by atoms with Gasteiger partial charge in [0.05, 0.1) is 0 Å². The first-order chi connectivity index (χ1) is 6.79. The predicted octanol–water partition coefficient (Wildman–Crippen LogP) is 1.68. The summed E-state index contributed by atoms with van der Waals surface area (Å²) in [5.74, 6) is 5.54. The third kappa shape index (κ3) is 1.68. The Morgan fingerprint density at radius 1 is 1.43 bits per heavy atom. The van der Waals surface area contributed by atoms with Crippen LogP contribution < -0.4 is 11.3 Å². The molecule has 5 nitrogen and oxygen atoms in total. The summed E-state index contributed by atoms with van der Waals surface area (Å²) < 4.78 is 4.77. The Morgan fingerprint density at radius 2 is 2.29 bits per heavy atom. The lowest BCUT2D eigenvalue weighted by Gasteiger charge is -1.93. The van der Waals surface area contributed by atoms with E-state index in [-0.39, 0.29) is 6.01 Å². The van der Waals surface area contributed by atoms with Crippen LogP contribution in [0.1, 0.15) is 0 Å². The second-order valence-corrected chi connectivity index (χ2v) is 3.01. The van der Waals surface area contributed by atoms with Crippen molar-refractivity contribution in [3.8, 4) is 11.4 Å². The Balaban J connectivity index is 2.39. The second kappa shape index (κ2) is 3.65. The third-order valence-corrected chi connectivity index (χ3v) is 1.87. The van der Waals surface area contributed by atoms with Crippen molar-refractivity contribution in [1.29, 1.82) is 0 Å². The highest BCUT2D eigenvalue weighted by Gasteiger charge is 2.06. The molecule has 0 amide bonds. The number of hydrazine groups is 1. The van der Waals surface area contributed by atoms with Crippen LogP contribution in [-0.4, -0.2) is 10.1 Å². The van der Waals surface area contributed by atoms with Gasteiger partial charge in [-0.15, -0.1) is 0 Å². The third-order valence-electron chi connectivity index (χ3n) is 1.63. The minimum absolute atomic E-state index is 0.167. The fourth-order valence-electron chi connectivity index (χ4n) is 1.03. The van der Waals surface area contributed by atoms with Crippen molar-refractivity contribution in [3.63, 3.8) is 0 Å². The molecule has 0 spiro atoms. The summed E-state index contributed by atoms with van der Waals surface area (Å²) in [5.41, 5.74) is 3.04. The average molecular weight is 211 g/mol. The molecular formula is C8H7ClN4O. The number of nitrogen functional groups attached to an aromatic ring is 1. The van der Waals surface area contributed by atoms with Gasteiger partial charge in [0.1, 0.15) is 0 Å². The molecule has 0 aliphatic heterocycles. The van der Waals surface area contributed by atoms with Crippen LogP contribution in [0.25, 0.3) is 11.4 Å². The molecule has 0 unspecified atom stereocenters. The molecule has 6 heteroatoms. The first-order valence-corrected chi connectivity index (χ1v) is 4.23. The zero-order valence-electron chi connectivity index (χ0n) is 7.07. The monoisotopic (exact) mass is 210 g/mol. The number of nitrogens with two attached hydrogens (primary N) is 1. The predicted molar refractivity (Wildman–Crippen MR) is 52.6 cm³/mol. The number of hydrogen-bond acceptors (Lipinski definition) is 5. The molecule has 0 aliphatic rings. The van der Waals surface area contributed by atoms with Crippen LogP contribution in [-0.2, 0) is 0 Å². The number of anilines is 1. The minimum atomic E-state index is 0.167. The van der Waals surface area contributed by atoms with E-state index in [1.165, 1.54) is 0 Å². The molecule has 0 aliphatic carbocycles. The number of nitrogens with one attached hydrogen (secondary N) is 1. The Labute approximate surface area is 84.8 Å². The summed E-state index contributed by atoms with van der Waals surface area (Å²) in [6.07, 6.45) is 0. The van der Waals surface area contributed by atoms with Gasteiger partial charge in [0, 0.05) is 10.6 Å². The number of nitrogens with zero attached hydrogens (tertiary/aromatic N) is 2. The van der Waals surface area contributed by atoms with Gasteiger partial charge in [0.2, 0.25) is 5.82 Å². The molecule has 1 heterocycles. The number of aromatic nitrogens is 2. The van der Waals surface area contributed by atoms with Gasteiger partial charge in [-0.05, 0) is 12.1 Å². The molecule has 2 rings (SSSR count). The van der Waals surface area contributed by atoms with E-state index in [0.29, 0.717) is 10.8 Å². The molecule has 1 aromatic heterocycles. The molecule has 0 saturated carbocycles. The number of halogens is 1. The highest BCUT2D eigenvalue weighted by atomic mass is 35.5. The lowest BCUT2D eigenvalue weighted by molar-refractivity contribution is 0.432. The topological polar surface area (TPSA) is 77.0 Å². The molecule has 72 valence electrons. The zero-order chi connectivity index (χ0) is 9.97. The fourth-order valence-corrected chi connectivity index (χ4v) is 1.22. The summed E-state index contributed by atoms with van der Waals surface area (Å²) in [7, 11) is 0. The van der Waals surface area contributed by atoms with Gasteiger partial charge in [-0.25, -0.2) is 5.84 Å². The maximum absolute atomic E-state index is 5.81. The molecule has 0 fully saturated rings.